The number of nitrogens with zero attached hydrogens (tertiary/aromatic N) is 3. The van der Waals surface area contributed by atoms with Crippen LogP contribution in [-0.4, -0.2) is 27.1 Å². The number of fused-ring (bicyclic) bond motifs is 1. The Morgan fingerprint density at radius 1 is 1.44 bits per heavy atom. The molecule has 0 radical (unpaired) electrons. The zero-order chi connectivity index (χ0) is 12.4. The first-order valence-electron chi connectivity index (χ1n) is 6.92. The Balaban J connectivity index is 1.90. The second-order valence-electron chi connectivity index (χ2n) is 4.97. The van der Waals surface area contributed by atoms with Crippen LogP contribution in [0.1, 0.15) is 32.0 Å². The summed E-state index contributed by atoms with van der Waals surface area (Å²) in [4.78, 5) is 9.18. The minimum atomic E-state index is 0.584. The van der Waals surface area contributed by atoms with Crippen molar-refractivity contribution in [2.45, 2.75) is 45.2 Å². The third-order valence-electron chi connectivity index (χ3n) is 3.74. The van der Waals surface area contributed by atoms with E-state index in [9.17, 15) is 0 Å². The van der Waals surface area contributed by atoms with Gasteiger partial charge in [0.05, 0.1) is 0 Å². The first-order valence-corrected chi connectivity index (χ1v) is 6.92. The van der Waals surface area contributed by atoms with E-state index >= 15 is 0 Å². The van der Waals surface area contributed by atoms with Crippen molar-refractivity contribution in [3.8, 4) is 0 Å². The molecule has 1 aliphatic rings. The maximum absolute atomic E-state index is 4.74. The van der Waals surface area contributed by atoms with Crippen molar-refractivity contribution in [2.75, 3.05) is 6.54 Å². The second-order valence-corrected chi connectivity index (χ2v) is 4.97. The first-order chi connectivity index (χ1) is 8.88. The number of nitrogens with one attached hydrogen (secondary N) is 1. The highest BCUT2D eigenvalue weighted by Crippen LogP contribution is 2.17. The summed E-state index contributed by atoms with van der Waals surface area (Å²) in [6.45, 7) is 4.25. The molecule has 0 saturated carbocycles. The third kappa shape index (κ3) is 2.12. The van der Waals surface area contributed by atoms with Gasteiger partial charge in [0.2, 0.25) is 0 Å². The van der Waals surface area contributed by atoms with Crippen molar-refractivity contribution in [1.82, 2.24) is 19.9 Å². The predicted octanol–water partition coefficient (Wildman–Crippen LogP) is 2.14. The van der Waals surface area contributed by atoms with Gasteiger partial charge in [-0.3, -0.25) is 0 Å². The highest BCUT2D eigenvalue weighted by molar-refractivity contribution is 5.71. The van der Waals surface area contributed by atoms with Gasteiger partial charge in [-0.2, -0.15) is 0 Å². The molecule has 1 atom stereocenters. The zero-order valence-electron chi connectivity index (χ0n) is 10.9. The number of hydrogen-bond acceptors (Lipinski definition) is 3. The third-order valence-corrected chi connectivity index (χ3v) is 3.74. The largest absolute Gasteiger partial charge is 0.314 e. The highest BCUT2D eigenvalue weighted by Gasteiger charge is 2.17. The van der Waals surface area contributed by atoms with Crippen LogP contribution in [0.4, 0.5) is 0 Å². The van der Waals surface area contributed by atoms with Gasteiger partial charge in [-0.25, -0.2) is 9.97 Å². The minimum absolute atomic E-state index is 0.584. The monoisotopic (exact) mass is 244 g/mol. The van der Waals surface area contributed by atoms with Gasteiger partial charge in [0.15, 0.2) is 5.65 Å². The van der Waals surface area contributed by atoms with Crippen LogP contribution in [0, 0.1) is 0 Å². The van der Waals surface area contributed by atoms with Gasteiger partial charge in [0.25, 0.3) is 0 Å². The quantitative estimate of drug-likeness (QED) is 0.899. The number of pyridine rings is 1. The fraction of sp³-hybridized carbons (Fsp3) is 0.571. The van der Waals surface area contributed by atoms with Gasteiger partial charge in [-0.15, -0.1) is 0 Å². The van der Waals surface area contributed by atoms with Crippen molar-refractivity contribution in [1.29, 1.82) is 0 Å². The maximum Gasteiger partial charge on any atom is 0.159 e. The molecular weight excluding hydrogens is 224 g/mol. The van der Waals surface area contributed by atoms with Crippen molar-refractivity contribution < 1.29 is 0 Å². The molecule has 1 fully saturated rings. The summed E-state index contributed by atoms with van der Waals surface area (Å²) in [7, 11) is 0. The van der Waals surface area contributed by atoms with Crippen LogP contribution in [0.2, 0.25) is 0 Å². The summed E-state index contributed by atoms with van der Waals surface area (Å²) in [5.41, 5.74) is 2.04. The molecule has 18 heavy (non-hydrogen) atoms. The molecule has 3 rings (SSSR count). The van der Waals surface area contributed by atoms with Crippen LogP contribution >= 0.6 is 0 Å². The Morgan fingerprint density at radius 3 is 3.17 bits per heavy atom. The van der Waals surface area contributed by atoms with E-state index in [0.29, 0.717) is 6.04 Å². The number of aryl methyl sites for hydroxylation is 1. The molecule has 2 aromatic rings. The number of piperidine rings is 1. The Bertz CT molecular complexity index is 526. The van der Waals surface area contributed by atoms with Crippen molar-refractivity contribution in [3.63, 3.8) is 0 Å². The van der Waals surface area contributed by atoms with Gasteiger partial charge in [-0.1, -0.05) is 6.42 Å². The standard InChI is InChI=1S/C14H20N4/c1-2-18-13(10-11-6-3-4-8-15-11)17-12-7-5-9-16-14(12)18/h5,7,9,11,15H,2-4,6,8,10H2,1H3. The zero-order valence-corrected chi connectivity index (χ0v) is 10.9. The minimum Gasteiger partial charge on any atom is -0.314 e. The molecular formula is C14H20N4. The van der Waals surface area contributed by atoms with Crippen molar-refractivity contribution >= 4 is 11.2 Å². The summed E-state index contributed by atoms with van der Waals surface area (Å²) in [5.74, 6) is 1.17. The molecule has 1 N–H and O–H groups in total. The lowest BCUT2D eigenvalue weighted by molar-refractivity contribution is 0.391. The van der Waals surface area contributed by atoms with E-state index in [1.807, 2.05) is 18.3 Å². The normalized spacial score (nSPS) is 20.4. The van der Waals surface area contributed by atoms with Crippen molar-refractivity contribution in [2.24, 2.45) is 0 Å². The Hall–Kier alpha value is -1.42. The average Bonchev–Trinajstić information content (AvgIpc) is 2.77. The summed E-state index contributed by atoms with van der Waals surface area (Å²) >= 11 is 0. The Labute approximate surface area is 107 Å². The number of imidazole rings is 1. The van der Waals surface area contributed by atoms with Crippen LogP contribution in [0.3, 0.4) is 0 Å². The van der Waals surface area contributed by atoms with Crippen molar-refractivity contribution in [3.05, 3.63) is 24.2 Å². The Morgan fingerprint density at radius 2 is 2.39 bits per heavy atom. The maximum atomic E-state index is 4.74. The van der Waals surface area contributed by atoms with Crippen LogP contribution < -0.4 is 5.32 Å². The molecule has 4 heteroatoms. The second kappa shape index (κ2) is 5.06. The molecule has 0 aromatic carbocycles. The van der Waals surface area contributed by atoms with E-state index < -0.39 is 0 Å². The van der Waals surface area contributed by atoms with E-state index in [0.717, 1.165) is 30.7 Å². The van der Waals surface area contributed by atoms with Gasteiger partial charge < -0.3 is 9.88 Å². The lowest BCUT2D eigenvalue weighted by Crippen LogP contribution is -2.36. The molecule has 1 saturated heterocycles. The van der Waals surface area contributed by atoms with E-state index in [1.165, 1.54) is 25.1 Å². The summed E-state index contributed by atoms with van der Waals surface area (Å²) < 4.78 is 2.24. The molecule has 0 aliphatic carbocycles. The molecule has 0 spiro atoms. The predicted molar refractivity (Wildman–Crippen MR) is 72.5 cm³/mol. The van der Waals surface area contributed by atoms with E-state index in [2.05, 4.69) is 21.8 Å². The molecule has 2 aromatic heterocycles. The lowest BCUT2D eigenvalue weighted by Gasteiger charge is -2.23. The van der Waals surface area contributed by atoms with Crippen LogP contribution in [0.15, 0.2) is 18.3 Å². The van der Waals surface area contributed by atoms with Crippen LogP contribution in [0.25, 0.3) is 11.2 Å². The highest BCUT2D eigenvalue weighted by atomic mass is 15.1. The number of aromatic nitrogens is 3. The fourth-order valence-electron chi connectivity index (χ4n) is 2.81. The average molecular weight is 244 g/mol. The molecule has 0 amide bonds. The topological polar surface area (TPSA) is 42.7 Å². The van der Waals surface area contributed by atoms with E-state index in [4.69, 9.17) is 4.98 Å². The summed E-state index contributed by atoms with van der Waals surface area (Å²) in [6.07, 6.45) is 6.77. The molecule has 0 bridgehead atoms. The Kier molecular flexibility index (Phi) is 3.28. The first kappa shape index (κ1) is 11.7. The van der Waals surface area contributed by atoms with E-state index in [-0.39, 0.29) is 0 Å². The summed E-state index contributed by atoms with van der Waals surface area (Å²) in [5, 5.41) is 3.59. The fourth-order valence-corrected chi connectivity index (χ4v) is 2.81. The summed E-state index contributed by atoms with van der Waals surface area (Å²) in [6, 6.07) is 4.59. The number of hydrogen-bond donors (Lipinski definition) is 1. The SMILES string of the molecule is CCn1c(CC2CCCCN2)nc2cccnc21. The van der Waals surface area contributed by atoms with Gasteiger partial charge >= 0.3 is 0 Å². The molecule has 4 nitrogen and oxygen atoms in total. The smallest absolute Gasteiger partial charge is 0.159 e. The molecule has 1 aliphatic heterocycles. The van der Waals surface area contributed by atoms with Crippen LogP contribution in [-0.2, 0) is 13.0 Å². The molecule has 3 heterocycles. The van der Waals surface area contributed by atoms with E-state index in [1.54, 1.807) is 0 Å². The molecule has 96 valence electrons. The molecule has 1 unspecified atom stereocenters. The van der Waals surface area contributed by atoms with Gasteiger partial charge in [0, 0.05) is 25.2 Å². The number of rotatable bonds is 3. The van der Waals surface area contributed by atoms with Gasteiger partial charge in [0.1, 0.15) is 11.3 Å². The lowest BCUT2D eigenvalue weighted by atomic mass is 10.0. The van der Waals surface area contributed by atoms with Gasteiger partial charge in [-0.05, 0) is 38.4 Å². The van der Waals surface area contributed by atoms with Crippen LogP contribution in [0.5, 0.6) is 0 Å².